The third-order valence-corrected chi connectivity index (χ3v) is 6.39. The molecule has 156 valence electrons. The van der Waals surface area contributed by atoms with Crippen molar-refractivity contribution in [3.63, 3.8) is 0 Å². The molecule has 31 heavy (non-hydrogen) atoms. The number of benzene rings is 2. The van der Waals surface area contributed by atoms with E-state index in [-0.39, 0.29) is 5.56 Å². The van der Waals surface area contributed by atoms with Crippen LogP contribution in [0.5, 0.6) is 0 Å². The second-order valence-corrected chi connectivity index (χ2v) is 8.41. The van der Waals surface area contributed by atoms with Crippen LogP contribution in [0.1, 0.15) is 60.2 Å². The quantitative estimate of drug-likeness (QED) is 0.245. The van der Waals surface area contributed by atoms with Crippen LogP contribution in [-0.4, -0.2) is 0 Å². The van der Waals surface area contributed by atoms with Crippen LogP contribution in [0.15, 0.2) is 40.9 Å². The molecule has 2 aromatic heterocycles. The van der Waals surface area contributed by atoms with Crippen molar-refractivity contribution in [2.24, 2.45) is 7.05 Å². The van der Waals surface area contributed by atoms with Gasteiger partial charge in [-0.2, -0.15) is 0 Å². The second kappa shape index (κ2) is 7.50. The van der Waals surface area contributed by atoms with E-state index in [1.54, 1.807) is 11.6 Å². The van der Waals surface area contributed by atoms with Gasteiger partial charge in [0.15, 0.2) is 11.9 Å². The van der Waals surface area contributed by atoms with E-state index in [2.05, 4.69) is 4.85 Å². The molecule has 4 heteroatoms. The van der Waals surface area contributed by atoms with Crippen LogP contribution in [0.2, 0.25) is 0 Å². The highest BCUT2D eigenvalue weighted by atomic mass is 19.1. The molecular weight excluding hydrogens is 387 g/mol. The summed E-state index contributed by atoms with van der Waals surface area (Å²) in [5.41, 5.74) is 3.91. The minimum Gasteiger partial charge on any atom is -0.457 e. The summed E-state index contributed by atoms with van der Waals surface area (Å²) in [6.45, 7) is 7.16. The van der Waals surface area contributed by atoms with Gasteiger partial charge < -0.3 is 4.42 Å². The van der Waals surface area contributed by atoms with E-state index in [1.807, 2.05) is 31.2 Å². The lowest BCUT2D eigenvalue weighted by atomic mass is 9.83. The van der Waals surface area contributed by atoms with Crippen molar-refractivity contribution in [3.05, 3.63) is 70.5 Å². The lowest BCUT2D eigenvalue weighted by Crippen LogP contribution is -2.31. The van der Waals surface area contributed by atoms with E-state index in [9.17, 15) is 4.39 Å². The van der Waals surface area contributed by atoms with E-state index in [4.69, 9.17) is 16.5 Å². The van der Waals surface area contributed by atoms with Gasteiger partial charge in [0.1, 0.15) is 24.0 Å². The Morgan fingerprint density at radius 3 is 2.74 bits per heavy atom. The molecule has 0 bridgehead atoms. The highest BCUT2D eigenvalue weighted by molar-refractivity contribution is 6.15. The predicted octanol–water partition coefficient (Wildman–Crippen LogP) is 7.43. The largest absolute Gasteiger partial charge is 0.457 e. The Morgan fingerprint density at radius 2 is 2.00 bits per heavy atom. The van der Waals surface area contributed by atoms with Crippen molar-refractivity contribution in [1.82, 2.24) is 0 Å². The zero-order valence-corrected chi connectivity index (χ0v) is 17.7. The van der Waals surface area contributed by atoms with Crippen molar-refractivity contribution < 1.29 is 18.9 Å². The molecule has 3 nitrogen and oxygen atoms in total. The first-order valence-electron chi connectivity index (χ1n) is 12.6. The van der Waals surface area contributed by atoms with Crippen LogP contribution in [0.3, 0.4) is 0 Å². The minimum absolute atomic E-state index is 0.341. The monoisotopic (exact) mass is 417 g/mol. The Bertz CT molecular complexity index is 1520. The summed E-state index contributed by atoms with van der Waals surface area (Å²) in [6.07, 6.45) is 5.92. The SMILES string of the molecule is [2H]C([2H])([2H])c1c[n+](C)c(-c2c(C)ccc3c2oc2cc(C4([2H])CCCCC4)cc([N+]#[C-])c23)cc1F. The van der Waals surface area contributed by atoms with Crippen LogP contribution < -0.4 is 4.57 Å². The summed E-state index contributed by atoms with van der Waals surface area (Å²) < 4.78 is 54.7. The van der Waals surface area contributed by atoms with Crippen molar-refractivity contribution >= 4 is 27.6 Å². The maximum atomic E-state index is 14.9. The number of hydrogen-bond acceptors (Lipinski definition) is 1. The van der Waals surface area contributed by atoms with Crippen LogP contribution >= 0.6 is 0 Å². The molecule has 1 aliphatic rings. The van der Waals surface area contributed by atoms with E-state index in [0.29, 0.717) is 33.5 Å². The molecule has 0 unspecified atom stereocenters. The van der Waals surface area contributed by atoms with Crippen LogP contribution in [0.25, 0.3) is 38.0 Å². The Balaban J connectivity index is 1.78. The summed E-state index contributed by atoms with van der Waals surface area (Å²) in [6, 6.07) is 8.75. The van der Waals surface area contributed by atoms with Gasteiger partial charge in [0.25, 0.3) is 0 Å². The molecular formula is C27H26FN2O+. The fraction of sp³-hybridized carbons (Fsp3) is 0.333. The fourth-order valence-corrected chi connectivity index (χ4v) is 4.80. The van der Waals surface area contributed by atoms with E-state index in [0.717, 1.165) is 48.6 Å². The fourth-order valence-electron chi connectivity index (χ4n) is 4.80. The molecule has 5 rings (SSSR count). The van der Waals surface area contributed by atoms with Gasteiger partial charge >= 0.3 is 0 Å². The molecule has 2 aromatic carbocycles. The molecule has 0 aliphatic heterocycles. The van der Waals surface area contributed by atoms with Gasteiger partial charge in [0, 0.05) is 27.9 Å². The van der Waals surface area contributed by atoms with Gasteiger partial charge in [-0.05, 0) is 44.1 Å². The number of furan rings is 1. The third-order valence-electron chi connectivity index (χ3n) is 6.39. The Kier molecular flexibility index (Phi) is 3.77. The van der Waals surface area contributed by atoms with Crippen molar-refractivity contribution in [3.8, 4) is 11.3 Å². The Morgan fingerprint density at radius 1 is 1.19 bits per heavy atom. The van der Waals surface area contributed by atoms with E-state index >= 15 is 0 Å². The molecule has 1 aliphatic carbocycles. The molecule has 0 amide bonds. The number of rotatable bonds is 2. The first kappa shape index (κ1) is 15.6. The Hall–Kier alpha value is -3.19. The average molecular weight is 418 g/mol. The summed E-state index contributed by atoms with van der Waals surface area (Å²) in [7, 11) is 1.68. The molecule has 4 aromatic rings. The lowest BCUT2D eigenvalue weighted by Gasteiger charge is -2.22. The van der Waals surface area contributed by atoms with Crippen LogP contribution in [0.4, 0.5) is 10.1 Å². The number of aryl methyl sites for hydroxylation is 3. The lowest BCUT2D eigenvalue weighted by molar-refractivity contribution is -0.661. The van der Waals surface area contributed by atoms with Gasteiger partial charge in [-0.15, -0.1) is 0 Å². The van der Waals surface area contributed by atoms with Crippen LogP contribution in [0, 0.1) is 26.2 Å². The first-order chi connectivity index (χ1) is 16.5. The standard InChI is InChI=1S/C27H26FN2O/c1-16-10-11-20-26-22(29-3)12-19(18-8-6-5-7-9-18)13-24(26)31-27(20)25(16)23-14-21(28)17(2)15-30(23)4/h10-15,18H,5-9H2,1-2,4H3/q+1/i2D3,18D. The predicted molar refractivity (Wildman–Crippen MR) is 122 cm³/mol. The molecule has 0 spiro atoms. The van der Waals surface area contributed by atoms with Gasteiger partial charge in [0.05, 0.1) is 12.1 Å². The minimum atomic E-state index is -2.56. The average Bonchev–Trinajstić information content (AvgIpc) is 3.18. The molecule has 2 heterocycles. The van der Waals surface area contributed by atoms with Gasteiger partial charge in [-0.1, -0.05) is 43.0 Å². The van der Waals surface area contributed by atoms with Crippen molar-refractivity contribution in [2.45, 2.75) is 51.8 Å². The molecule has 0 atom stereocenters. The summed E-state index contributed by atoms with van der Waals surface area (Å²) >= 11 is 0. The number of hydrogen-bond donors (Lipinski definition) is 0. The summed E-state index contributed by atoms with van der Waals surface area (Å²) in [5.74, 6) is -1.53. The Labute approximate surface area is 187 Å². The topological polar surface area (TPSA) is 21.4 Å². The van der Waals surface area contributed by atoms with Gasteiger partial charge in [0.2, 0.25) is 5.69 Å². The zero-order valence-electron chi connectivity index (χ0n) is 21.7. The third kappa shape index (κ3) is 3.20. The maximum Gasteiger partial charge on any atom is 0.219 e. The molecule has 0 radical (unpaired) electrons. The number of halogens is 1. The molecule has 0 N–H and O–H groups in total. The van der Waals surface area contributed by atoms with Crippen molar-refractivity contribution in [2.75, 3.05) is 0 Å². The first-order valence-corrected chi connectivity index (χ1v) is 10.6. The van der Waals surface area contributed by atoms with E-state index in [1.165, 1.54) is 12.3 Å². The number of pyridine rings is 1. The molecule has 0 saturated heterocycles. The number of nitrogens with zero attached hydrogens (tertiary/aromatic N) is 2. The van der Waals surface area contributed by atoms with Crippen LogP contribution in [-0.2, 0) is 7.05 Å². The zero-order chi connectivity index (χ0) is 25.1. The second-order valence-electron chi connectivity index (χ2n) is 8.41. The number of aromatic nitrogens is 1. The normalized spacial score (nSPS) is 18.3. The van der Waals surface area contributed by atoms with Crippen molar-refractivity contribution in [1.29, 1.82) is 0 Å². The highest BCUT2D eigenvalue weighted by Gasteiger charge is 2.24. The van der Waals surface area contributed by atoms with Gasteiger partial charge in [-0.3, -0.25) is 0 Å². The number of fused-ring (bicyclic) bond motifs is 3. The molecule has 1 fully saturated rings. The molecule has 1 saturated carbocycles. The highest BCUT2D eigenvalue weighted by Crippen LogP contribution is 2.44. The van der Waals surface area contributed by atoms with Gasteiger partial charge in [-0.25, -0.2) is 13.8 Å². The summed E-state index contributed by atoms with van der Waals surface area (Å²) in [5, 5.41) is 1.42. The maximum absolute atomic E-state index is 14.9. The summed E-state index contributed by atoms with van der Waals surface area (Å²) in [4.78, 5) is 3.78. The smallest absolute Gasteiger partial charge is 0.219 e. The van der Waals surface area contributed by atoms with E-state index < -0.39 is 18.6 Å².